The van der Waals surface area contributed by atoms with Crippen LogP contribution in [0, 0.1) is 45.8 Å². The van der Waals surface area contributed by atoms with Crippen LogP contribution in [0.2, 0.25) is 0 Å². The number of hydrogen-bond donors (Lipinski definition) is 0. The van der Waals surface area contributed by atoms with Gasteiger partial charge in [0, 0.05) is 6.42 Å². The molecule has 4 rings (SSSR count). The second kappa shape index (κ2) is 4.94. The fraction of sp³-hybridized carbons (Fsp3) is 0.636. The molecule has 0 heterocycles. The van der Waals surface area contributed by atoms with E-state index < -0.39 is 0 Å². The van der Waals surface area contributed by atoms with Crippen molar-refractivity contribution in [3.05, 3.63) is 35.5 Å². The Morgan fingerprint density at radius 3 is 2.75 bits per heavy atom. The van der Waals surface area contributed by atoms with Gasteiger partial charge in [-0.25, -0.2) is 0 Å². The molecule has 0 radical (unpaired) electrons. The average Bonchev–Trinajstić information content (AvgIpc) is 2.79. The molecule has 126 valence electrons. The van der Waals surface area contributed by atoms with Gasteiger partial charge in [-0.05, 0) is 72.8 Å². The zero-order valence-electron chi connectivity index (χ0n) is 15.1. The highest BCUT2D eigenvalue weighted by Crippen LogP contribution is 2.66. The fourth-order valence-electron chi connectivity index (χ4n) is 6.62. The maximum absolute atomic E-state index is 12.0. The van der Waals surface area contributed by atoms with Crippen LogP contribution in [-0.2, 0) is 4.79 Å². The summed E-state index contributed by atoms with van der Waals surface area (Å²) in [4.78, 5) is 12.0. The summed E-state index contributed by atoms with van der Waals surface area (Å²) in [5.74, 6) is 1.94. The van der Waals surface area contributed by atoms with Crippen LogP contribution in [0.3, 0.4) is 0 Å². The van der Waals surface area contributed by atoms with E-state index in [0.717, 1.165) is 31.3 Å². The van der Waals surface area contributed by atoms with E-state index in [4.69, 9.17) is 0 Å². The molecule has 2 saturated carbocycles. The number of hydrogen-bond acceptors (Lipinski definition) is 2. The number of nitriles is 1. The van der Waals surface area contributed by atoms with Crippen LogP contribution in [0.15, 0.2) is 35.5 Å². The van der Waals surface area contributed by atoms with E-state index in [1.165, 1.54) is 11.1 Å². The minimum absolute atomic E-state index is 0.00911. The van der Waals surface area contributed by atoms with Crippen molar-refractivity contribution < 1.29 is 4.79 Å². The molecule has 0 amide bonds. The van der Waals surface area contributed by atoms with Crippen LogP contribution in [0.4, 0.5) is 0 Å². The van der Waals surface area contributed by atoms with Gasteiger partial charge >= 0.3 is 0 Å². The molecule has 0 spiro atoms. The lowest BCUT2D eigenvalue weighted by molar-refractivity contribution is -0.116. The molecular weight excluding hydrogens is 294 g/mol. The Bertz CT molecular complexity index is 736. The molecule has 2 nitrogen and oxygen atoms in total. The first kappa shape index (κ1) is 15.9. The Balaban J connectivity index is 1.81. The van der Waals surface area contributed by atoms with Crippen LogP contribution in [0.1, 0.15) is 52.9 Å². The van der Waals surface area contributed by atoms with Crippen LogP contribution < -0.4 is 0 Å². The first-order valence-electron chi connectivity index (χ1n) is 9.32. The molecule has 0 aliphatic heterocycles. The molecule has 0 aromatic heterocycles. The summed E-state index contributed by atoms with van der Waals surface area (Å²) in [6, 6.07) is 2.56. The topological polar surface area (TPSA) is 40.9 Å². The zero-order valence-corrected chi connectivity index (χ0v) is 15.1. The van der Waals surface area contributed by atoms with Crippen molar-refractivity contribution in [2.45, 2.75) is 52.9 Å². The van der Waals surface area contributed by atoms with Gasteiger partial charge in [-0.2, -0.15) is 5.26 Å². The normalized spacial score (nSPS) is 47.1. The first-order valence-corrected chi connectivity index (χ1v) is 9.32. The quantitative estimate of drug-likeness (QED) is 0.590. The lowest BCUT2D eigenvalue weighted by Gasteiger charge is -2.56. The lowest BCUT2D eigenvalue weighted by Crippen LogP contribution is -2.49. The molecule has 0 unspecified atom stereocenters. The maximum Gasteiger partial charge on any atom is 0.156 e. The highest BCUT2D eigenvalue weighted by atomic mass is 16.1. The molecule has 0 bridgehead atoms. The van der Waals surface area contributed by atoms with E-state index in [1.807, 2.05) is 6.08 Å². The van der Waals surface area contributed by atoms with Crippen LogP contribution in [0.25, 0.3) is 0 Å². The number of fused-ring (bicyclic) bond motifs is 5. The van der Waals surface area contributed by atoms with E-state index in [1.54, 1.807) is 0 Å². The third-order valence-corrected chi connectivity index (χ3v) is 7.95. The number of rotatable bonds is 0. The minimum Gasteiger partial charge on any atom is -0.295 e. The molecule has 2 fully saturated rings. The minimum atomic E-state index is 0.00911. The predicted molar refractivity (Wildman–Crippen MR) is 94.9 cm³/mol. The number of carbonyl (C=O) groups is 1. The molecule has 4 aliphatic carbocycles. The maximum atomic E-state index is 12.0. The van der Waals surface area contributed by atoms with Crippen LogP contribution >= 0.6 is 0 Å². The molecule has 0 N–H and O–H groups in total. The van der Waals surface area contributed by atoms with E-state index in [-0.39, 0.29) is 22.5 Å². The summed E-state index contributed by atoms with van der Waals surface area (Å²) in [5.41, 5.74) is 3.93. The molecule has 0 aromatic carbocycles. The molecule has 2 heteroatoms. The van der Waals surface area contributed by atoms with Gasteiger partial charge in [-0.1, -0.05) is 37.6 Å². The van der Waals surface area contributed by atoms with Crippen molar-refractivity contribution in [2.24, 2.45) is 34.5 Å². The second-order valence-corrected chi connectivity index (χ2v) is 9.05. The summed E-state index contributed by atoms with van der Waals surface area (Å²) < 4.78 is 0. The fourth-order valence-corrected chi connectivity index (χ4v) is 6.62. The number of carbonyl (C=O) groups excluding carboxylic acids is 1. The Morgan fingerprint density at radius 2 is 2.04 bits per heavy atom. The standard InChI is InChI=1S/C22H27NO/c1-13-9-16-17(21(3)7-5-15(24)11-18(13)21)6-8-22(4)19(16)10-14(2)20(22)12-23/h9,11,16-17,19-20H,2,5-8,10H2,1,3-4H3/t16-,17+,19+,20+,21-,22+/m1/s1. The van der Waals surface area contributed by atoms with Gasteiger partial charge in [0.1, 0.15) is 0 Å². The van der Waals surface area contributed by atoms with Crippen molar-refractivity contribution in [1.29, 1.82) is 5.26 Å². The Hall–Kier alpha value is -1.62. The molecule has 0 aromatic rings. The van der Waals surface area contributed by atoms with Gasteiger partial charge in [0.2, 0.25) is 0 Å². The highest BCUT2D eigenvalue weighted by Gasteiger charge is 2.59. The number of nitrogens with zero attached hydrogens (tertiary/aromatic N) is 1. The summed E-state index contributed by atoms with van der Waals surface area (Å²) in [6.45, 7) is 11.1. The first-order chi connectivity index (χ1) is 11.3. The van der Waals surface area contributed by atoms with Gasteiger partial charge in [0.15, 0.2) is 5.78 Å². The van der Waals surface area contributed by atoms with Crippen molar-refractivity contribution in [3.8, 4) is 6.07 Å². The van der Waals surface area contributed by atoms with Crippen molar-refractivity contribution in [3.63, 3.8) is 0 Å². The SMILES string of the molecule is C=C1C[C@H]2[C@@H]3C=C(C)C4=CC(=O)CC[C@]4(C)[C@H]3CC[C@]2(C)[C@H]1C#N. The molecule has 4 aliphatic rings. The highest BCUT2D eigenvalue weighted by molar-refractivity contribution is 5.92. The van der Waals surface area contributed by atoms with Gasteiger partial charge < -0.3 is 0 Å². The van der Waals surface area contributed by atoms with Gasteiger partial charge in [0.05, 0.1) is 12.0 Å². The molecular formula is C22H27NO. The third kappa shape index (κ3) is 1.85. The molecule has 0 saturated heterocycles. The number of ketones is 1. The van der Waals surface area contributed by atoms with Crippen molar-refractivity contribution in [2.75, 3.05) is 0 Å². The van der Waals surface area contributed by atoms with Crippen molar-refractivity contribution >= 4 is 5.78 Å². The van der Waals surface area contributed by atoms with Crippen LogP contribution in [0.5, 0.6) is 0 Å². The summed E-state index contributed by atoms with van der Waals surface area (Å²) in [7, 11) is 0. The smallest absolute Gasteiger partial charge is 0.156 e. The van der Waals surface area contributed by atoms with E-state index in [9.17, 15) is 10.1 Å². The lowest BCUT2D eigenvalue weighted by atomic mass is 9.48. The van der Waals surface area contributed by atoms with E-state index >= 15 is 0 Å². The monoisotopic (exact) mass is 321 g/mol. The zero-order chi connectivity index (χ0) is 17.3. The third-order valence-electron chi connectivity index (χ3n) is 7.95. The Kier molecular flexibility index (Phi) is 3.27. The van der Waals surface area contributed by atoms with Gasteiger partial charge in [0.25, 0.3) is 0 Å². The Labute approximate surface area is 145 Å². The second-order valence-electron chi connectivity index (χ2n) is 9.05. The summed E-state index contributed by atoms with van der Waals surface area (Å²) in [6.07, 6.45) is 9.29. The average molecular weight is 321 g/mol. The molecule has 6 atom stereocenters. The Morgan fingerprint density at radius 1 is 1.29 bits per heavy atom. The van der Waals surface area contributed by atoms with E-state index in [2.05, 4.69) is 39.5 Å². The number of allylic oxidation sites excluding steroid dienone is 5. The molecule has 24 heavy (non-hydrogen) atoms. The largest absolute Gasteiger partial charge is 0.295 e. The van der Waals surface area contributed by atoms with Crippen LogP contribution in [-0.4, -0.2) is 5.78 Å². The van der Waals surface area contributed by atoms with Crippen molar-refractivity contribution in [1.82, 2.24) is 0 Å². The van der Waals surface area contributed by atoms with Gasteiger partial charge in [-0.15, -0.1) is 0 Å². The van der Waals surface area contributed by atoms with E-state index in [0.29, 0.717) is 24.2 Å². The summed E-state index contributed by atoms with van der Waals surface area (Å²) >= 11 is 0. The predicted octanol–water partition coefficient (Wildman–Crippen LogP) is 4.99. The van der Waals surface area contributed by atoms with Gasteiger partial charge in [-0.3, -0.25) is 4.79 Å². The summed E-state index contributed by atoms with van der Waals surface area (Å²) in [5, 5.41) is 9.68.